The molecular weight excluding hydrogens is 531 g/mol. The number of aromatic nitrogens is 1. The molecule has 0 saturated carbocycles. The number of nitrogens with zero attached hydrogens (tertiary/aromatic N) is 2. The van der Waals surface area contributed by atoms with E-state index in [-0.39, 0.29) is 24.0 Å². The first-order chi connectivity index (χ1) is 19.1. The van der Waals surface area contributed by atoms with Crippen LogP contribution in [0.15, 0.2) is 36.5 Å². The Morgan fingerprint density at radius 2 is 1.85 bits per heavy atom. The normalized spacial score (nSPS) is 16.2. The molecule has 1 aliphatic rings. The summed E-state index contributed by atoms with van der Waals surface area (Å²) in [6.45, 7) is 0.950. The fourth-order valence-electron chi connectivity index (χ4n) is 5.76. The summed E-state index contributed by atoms with van der Waals surface area (Å²) in [6.07, 6.45) is 2.16. The molecule has 0 unspecified atom stereocenters. The third-order valence-electron chi connectivity index (χ3n) is 8.01. The van der Waals surface area contributed by atoms with Gasteiger partial charge in [0.1, 0.15) is 18.6 Å². The average Bonchev–Trinajstić information content (AvgIpc) is 2.94. The van der Waals surface area contributed by atoms with Crippen molar-refractivity contribution in [3.63, 3.8) is 0 Å². The third-order valence-corrected chi connectivity index (χ3v) is 8.01. The average molecular weight is 565 g/mol. The maximum atomic E-state index is 15.8. The fourth-order valence-corrected chi connectivity index (χ4v) is 5.76. The van der Waals surface area contributed by atoms with E-state index in [0.29, 0.717) is 74.0 Å². The number of carbonyl (C=O) groups is 1. The second-order valence-electron chi connectivity index (χ2n) is 10.6. The number of fused-ring (bicyclic) bond motifs is 1. The number of ether oxygens (including phenoxy) is 1. The van der Waals surface area contributed by atoms with E-state index in [9.17, 15) is 27.5 Å². The largest absolute Gasteiger partial charge is 0.497 e. The molecule has 216 valence electrons. The first-order valence-electron chi connectivity index (χ1n) is 13.4. The van der Waals surface area contributed by atoms with E-state index in [1.54, 1.807) is 18.2 Å². The van der Waals surface area contributed by atoms with Gasteiger partial charge in [0.25, 0.3) is 0 Å². The maximum absolute atomic E-state index is 15.8. The zero-order valence-electron chi connectivity index (χ0n) is 22.4. The fraction of sp³-hybridized carbons (Fsp3) is 0.467. The number of piperidine rings is 1. The van der Waals surface area contributed by atoms with Crippen LogP contribution < -0.4 is 4.74 Å². The summed E-state index contributed by atoms with van der Waals surface area (Å²) in [5.74, 6) is -4.36. The van der Waals surface area contributed by atoms with Gasteiger partial charge in [0, 0.05) is 22.7 Å². The lowest BCUT2D eigenvalue weighted by molar-refractivity contribution is -0.141. The van der Waals surface area contributed by atoms with Gasteiger partial charge in [0.15, 0.2) is 17.5 Å². The summed E-state index contributed by atoms with van der Waals surface area (Å²) < 4.78 is 75.1. The van der Waals surface area contributed by atoms with Gasteiger partial charge in [-0.3, -0.25) is 9.78 Å². The first-order valence-corrected chi connectivity index (χ1v) is 13.4. The standard InChI is InChI=1S/C30H33F5N2O3/c1-40-21-4-5-26-22(15-21)28(20(17-31)18-36-26)23(32)6-7-30(16-27(38)39)8-11-37(12-9-30)10-2-3-19-13-24(33)29(35)25(34)14-19/h4-5,13-15,18,23H,2-3,6-12,16-17H2,1H3,(H,38,39)/t23-/m0/s1. The Bertz CT molecular complexity index is 1320. The highest BCUT2D eigenvalue weighted by Crippen LogP contribution is 2.43. The molecule has 0 radical (unpaired) electrons. The van der Waals surface area contributed by atoms with Crippen molar-refractivity contribution in [2.45, 2.75) is 57.8 Å². The van der Waals surface area contributed by atoms with Gasteiger partial charge in [0.05, 0.1) is 19.0 Å². The Balaban J connectivity index is 1.40. The van der Waals surface area contributed by atoms with E-state index in [0.717, 1.165) is 12.1 Å². The number of hydrogen-bond donors (Lipinski definition) is 1. The smallest absolute Gasteiger partial charge is 0.303 e. The number of aryl methyl sites for hydroxylation is 1. The van der Waals surface area contributed by atoms with Crippen LogP contribution in [0.5, 0.6) is 5.75 Å². The highest BCUT2D eigenvalue weighted by atomic mass is 19.2. The van der Waals surface area contributed by atoms with Crippen LogP contribution in [0.25, 0.3) is 10.9 Å². The van der Waals surface area contributed by atoms with Crippen molar-refractivity contribution in [3.8, 4) is 5.75 Å². The van der Waals surface area contributed by atoms with Crippen LogP contribution in [0.3, 0.4) is 0 Å². The zero-order valence-corrected chi connectivity index (χ0v) is 22.4. The molecule has 1 atom stereocenters. The van der Waals surface area contributed by atoms with Gasteiger partial charge in [-0.1, -0.05) is 0 Å². The van der Waals surface area contributed by atoms with Crippen molar-refractivity contribution in [2.24, 2.45) is 5.41 Å². The van der Waals surface area contributed by atoms with Crippen molar-refractivity contribution < 1.29 is 36.6 Å². The Labute approximate surface area is 230 Å². The Hall–Kier alpha value is -3.27. The number of pyridine rings is 1. The summed E-state index contributed by atoms with van der Waals surface area (Å²) >= 11 is 0. The second-order valence-corrected chi connectivity index (χ2v) is 10.6. The van der Waals surface area contributed by atoms with Gasteiger partial charge in [-0.15, -0.1) is 0 Å². The SMILES string of the molecule is COc1ccc2ncc(CF)c([C@@H](F)CCC3(CC(=O)O)CCN(CCCc4cc(F)c(F)c(F)c4)CC3)c2c1. The molecule has 0 bridgehead atoms. The number of aliphatic carboxylic acids is 1. The highest BCUT2D eigenvalue weighted by molar-refractivity contribution is 5.85. The lowest BCUT2D eigenvalue weighted by atomic mass is 9.71. The lowest BCUT2D eigenvalue weighted by Gasteiger charge is -2.41. The van der Waals surface area contributed by atoms with Gasteiger partial charge in [-0.25, -0.2) is 22.0 Å². The minimum absolute atomic E-state index is 0.0400. The van der Waals surface area contributed by atoms with Crippen LogP contribution in [0, 0.1) is 22.9 Å². The summed E-state index contributed by atoms with van der Waals surface area (Å²) in [4.78, 5) is 18.1. The number of halogens is 5. The number of rotatable bonds is 12. The Morgan fingerprint density at radius 3 is 2.48 bits per heavy atom. The topological polar surface area (TPSA) is 62.7 Å². The number of methoxy groups -OCH3 is 1. The van der Waals surface area contributed by atoms with Gasteiger partial charge >= 0.3 is 5.97 Å². The molecule has 1 saturated heterocycles. The van der Waals surface area contributed by atoms with Gasteiger partial charge in [0.2, 0.25) is 0 Å². The van der Waals surface area contributed by atoms with E-state index in [2.05, 4.69) is 9.88 Å². The molecule has 2 heterocycles. The van der Waals surface area contributed by atoms with Crippen molar-refractivity contribution >= 4 is 16.9 Å². The van der Waals surface area contributed by atoms with Crippen LogP contribution in [0.1, 0.15) is 61.4 Å². The molecule has 1 aliphatic heterocycles. The van der Waals surface area contributed by atoms with Gasteiger partial charge in [-0.05, 0) is 99.5 Å². The highest BCUT2D eigenvalue weighted by Gasteiger charge is 2.37. The van der Waals surface area contributed by atoms with Crippen molar-refractivity contribution in [1.29, 1.82) is 0 Å². The molecule has 1 aromatic heterocycles. The predicted octanol–water partition coefficient (Wildman–Crippen LogP) is 7.11. The molecule has 5 nitrogen and oxygen atoms in total. The molecule has 1 fully saturated rings. The molecule has 4 rings (SSSR count). The van der Waals surface area contributed by atoms with E-state index >= 15 is 4.39 Å². The quantitative estimate of drug-likeness (QED) is 0.188. The summed E-state index contributed by atoms with van der Waals surface area (Å²) in [5.41, 5.74) is 0.679. The number of carboxylic acid groups (broad SMARTS) is 1. The molecule has 0 amide bonds. The van der Waals surface area contributed by atoms with Crippen LogP contribution in [0.2, 0.25) is 0 Å². The molecule has 2 aromatic carbocycles. The predicted molar refractivity (Wildman–Crippen MR) is 141 cm³/mol. The van der Waals surface area contributed by atoms with Crippen LogP contribution >= 0.6 is 0 Å². The Kier molecular flexibility index (Phi) is 9.60. The monoisotopic (exact) mass is 564 g/mol. The summed E-state index contributed by atoms with van der Waals surface area (Å²) in [5, 5.41) is 10.1. The van der Waals surface area contributed by atoms with E-state index in [4.69, 9.17) is 4.74 Å². The van der Waals surface area contributed by atoms with E-state index < -0.39 is 41.7 Å². The number of alkyl halides is 2. The second kappa shape index (κ2) is 12.9. The molecule has 10 heteroatoms. The number of likely N-dealkylation sites (tertiary alicyclic amines) is 1. The zero-order chi connectivity index (χ0) is 28.9. The minimum Gasteiger partial charge on any atom is -0.497 e. The van der Waals surface area contributed by atoms with Gasteiger partial charge < -0.3 is 14.7 Å². The minimum atomic E-state index is -1.51. The summed E-state index contributed by atoms with van der Waals surface area (Å²) in [7, 11) is 1.49. The van der Waals surface area contributed by atoms with Crippen molar-refractivity contribution in [3.05, 3.63) is 70.7 Å². The van der Waals surface area contributed by atoms with Gasteiger partial charge in [-0.2, -0.15) is 0 Å². The molecule has 1 N–H and O–H groups in total. The molecule has 0 aliphatic carbocycles. The summed E-state index contributed by atoms with van der Waals surface area (Å²) in [6, 6.07) is 7.03. The first kappa shape index (κ1) is 29.7. The number of benzene rings is 2. The van der Waals surface area contributed by atoms with E-state index in [1.807, 2.05) is 0 Å². The molecule has 0 spiro atoms. The van der Waals surface area contributed by atoms with Crippen LogP contribution in [0.4, 0.5) is 22.0 Å². The molecule has 3 aromatic rings. The van der Waals surface area contributed by atoms with E-state index in [1.165, 1.54) is 13.3 Å². The van der Waals surface area contributed by atoms with Crippen LogP contribution in [-0.4, -0.2) is 47.7 Å². The van der Waals surface area contributed by atoms with Crippen molar-refractivity contribution in [1.82, 2.24) is 9.88 Å². The van der Waals surface area contributed by atoms with Crippen LogP contribution in [-0.2, 0) is 17.9 Å². The number of hydrogen-bond acceptors (Lipinski definition) is 4. The van der Waals surface area contributed by atoms with Crippen molar-refractivity contribution in [2.75, 3.05) is 26.7 Å². The molecule has 40 heavy (non-hydrogen) atoms. The number of carboxylic acids is 1. The Morgan fingerprint density at radius 1 is 1.15 bits per heavy atom. The maximum Gasteiger partial charge on any atom is 0.303 e. The lowest BCUT2D eigenvalue weighted by Crippen LogP contribution is -2.41. The third kappa shape index (κ3) is 6.89. The molecular formula is C30H33F5N2O3.